The lowest BCUT2D eigenvalue weighted by Crippen LogP contribution is -2.37. The molecule has 0 bridgehead atoms. The van der Waals surface area contributed by atoms with Gasteiger partial charge in [0.1, 0.15) is 17.0 Å². The number of fused-ring (bicyclic) bond motifs is 2. The third-order valence-corrected chi connectivity index (χ3v) is 8.29. The van der Waals surface area contributed by atoms with Crippen LogP contribution in [0.4, 0.5) is 10.7 Å². The van der Waals surface area contributed by atoms with Crippen molar-refractivity contribution in [2.45, 2.75) is 44.8 Å². The number of carbonyl (C=O) groups excluding carboxylic acids is 2. The summed E-state index contributed by atoms with van der Waals surface area (Å²) < 4.78 is 0. The fourth-order valence-corrected chi connectivity index (χ4v) is 6.69. The van der Waals surface area contributed by atoms with E-state index in [0.29, 0.717) is 10.6 Å². The van der Waals surface area contributed by atoms with Gasteiger partial charge in [0.25, 0.3) is 5.91 Å². The second kappa shape index (κ2) is 8.08. The van der Waals surface area contributed by atoms with Crippen LogP contribution in [0.5, 0.6) is 0 Å². The number of para-hydroxylation sites is 1. The number of anilines is 2. The maximum atomic E-state index is 13.9. The van der Waals surface area contributed by atoms with Crippen molar-refractivity contribution in [3.05, 3.63) is 81.7 Å². The first-order chi connectivity index (χ1) is 16.6. The zero-order valence-electron chi connectivity index (χ0n) is 18.7. The van der Waals surface area contributed by atoms with Crippen LogP contribution in [0, 0.1) is 24.2 Å². The Morgan fingerprint density at radius 2 is 1.74 bits per heavy atom. The van der Waals surface area contributed by atoms with Gasteiger partial charge in [0, 0.05) is 4.88 Å². The summed E-state index contributed by atoms with van der Waals surface area (Å²) in [6.07, 6.45) is 2.87. The molecular formula is C27H23N3O3S. The van der Waals surface area contributed by atoms with Crippen LogP contribution >= 0.6 is 11.3 Å². The zero-order chi connectivity index (χ0) is 23.4. The van der Waals surface area contributed by atoms with Gasteiger partial charge in [0.2, 0.25) is 5.91 Å². The van der Waals surface area contributed by atoms with Crippen LogP contribution in [0.2, 0.25) is 0 Å². The molecule has 7 heteroatoms. The number of carbonyl (C=O) groups is 2. The van der Waals surface area contributed by atoms with Gasteiger partial charge >= 0.3 is 0 Å². The van der Waals surface area contributed by atoms with Gasteiger partial charge in [-0.1, -0.05) is 48.0 Å². The molecule has 2 fully saturated rings. The van der Waals surface area contributed by atoms with E-state index in [1.165, 1.54) is 16.2 Å². The molecule has 0 saturated carbocycles. The van der Waals surface area contributed by atoms with Crippen molar-refractivity contribution in [3.63, 3.8) is 0 Å². The van der Waals surface area contributed by atoms with Crippen molar-refractivity contribution >= 4 is 33.8 Å². The first kappa shape index (κ1) is 21.1. The minimum absolute atomic E-state index is 0.297. The van der Waals surface area contributed by atoms with E-state index in [4.69, 9.17) is 4.84 Å². The zero-order valence-corrected chi connectivity index (χ0v) is 19.5. The van der Waals surface area contributed by atoms with E-state index >= 15 is 0 Å². The SMILES string of the molecule is Cc1ccc([C@H]2[C@H]3C(=O)N(c4sc5c(c4C#N)CCCC5)C(=O)[C@H]3ON2c2ccccc2)cc1. The van der Waals surface area contributed by atoms with Gasteiger partial charge in [-0.2, -0.15) is 5.26 Å². The highest BCUT2D eigenvalue weighted by molar-refractivity contribution is 7.17. The Morgan fingerprint density at radius 1 is 1.00 bits per heavy atom. The molecule has 1 aliphatic carbocycles. The van der Waals surface area contributed by atoms with Gasteiger partial charge in [-0.25, -0.2) is 9.96 Å². The number of rotatable bonds is 3. The lowest BCUT2D eigenvalue weighted by Gasteiger charge is -2.28. The van der Waals surface area contributed by atoms with Crippen molar-refractivity contribution in [1.82, 2.24) is 0 Å². The third kappa shape index (κ3) is 3.10. The second-order valence-electron chi connectivity index (χ2n) is 9.08. The average Bonchev–Trinajstić information content (AvgIpc) is 3.50. The average molecular weight is 470 g/mol. The fraction of sp³-hybridized carbons (Fsp3) is 0.296. The molecule has 2 saturated heterocycles. The maximum absolute atomic E-state index is 13.9. The number of aryl methyl sites for hydroxylation is 2. The lowest BCUT2D eigenvalue weighted by atomic mass is 9.90. The van der Waals surface area contributed by atoms with Crippen LogP contribution in [0.25, 0.3) is 0 Å². The summed E-state index contributed by atoms with van der Waals surface area (Å²) >= 11 is 1.42. The second-order valence-corrected chi connectivity index (χ2v) is 10.2. The largest absolute Gasteiger partial charge is 0.273 e. The van der Waals surface area contributed by atoms with Gasteiger partial charge in [-0.15, -0.1) is 11.3 Å². The van der Waals surface area contributed by atoms with Crippen molar-refractivity contribution < 1.29 is 14.4 Å². The molecule has 0 radical (unpaired) electrons. The molecule has 2 aromatic carbocycles. The molecule has 0 N–H and O–H groups in total. The van der Waals surface area contributed by atoms with Gasteiger partial charge in [0.15, 0.2) is 6.10 Å². The van der Waals surface area contributed by atoms with Crippen molar-refractivity contribution in [3.8, 4) is 6.07 Å². The van der Waals surface area contributed by atoms with Crippen molar-refractivity contribution in [2.24, 2.45) is 5.92 Å². The van der Waals surface area contributed by atoms with Crippen LogP contribution < -0.4 is 9.96 Å². The summed E-state index contributed by atoms with van der Waals surface area (Å²) in [4.78, 5) is 36.1. The van der Waals surface area contributed by atoms with Crippen LogP contribution in [0.1, 0.15) is 46.0 Å². The van der Waals surface area contributed by atoms with E-state index in [9.17, 15) is 14.9 Å². The highest BCUT2D eigenvalue weighted by Crippen LogP contribution is 2.50. The summed E-state index contributed by atoms with van der Waals surface area (Å²) in [7, 11) is 0. The molecule has 3 aliphatic rings. The van der Waals surface area contributed by atoms with Crippen molar-refractivity contribution in [2.75, 3.05) is 9.96 Å². The van der Waals surface area contributed by atoms with Gasteiger partial charge in [-0.05, 0) is 55.9 Å². The molecule has 2 aliphatic heterocycles. The minimum Gasteiger partial charge on any atom is -0.273 e. The molecule has 3 heterocycles. The highest BCUT2D eigenvalue weighted by Gasteiger charge is 2.61. The molecule has 2 amide bonds. The number of thiophene rings is 1. The minimum atomic E-state index is -0.926. The summed E-state index contributed by atoms with van der Waals surface area (Å²) in [6.45, 7) is 2.01. The summed E-state index contributed by atoms with van der Waals surface area (Å²) in [5.41, 5.74) is 4.31. The standard InChI is InChI=1S/C27H23N3O3S/c1-16-11-13-17(14-12-16)23-22-24(33-30(23)18-7-3-2-4-8-18)26(32)29(25(22)31)27-20(15-28)19-9-5-6-10-21(19)34-27/h2-4,7-8,11-14,22-24H,5-6,9-10H2,1H3/t22-,23+,24+/m1/s1. The molecule has 6 rings (SSSR count). The molecule has 34 heavy (non-hydrogen) atoms. The van der Waals surface area contributed by atoms with Crippen LogP contribution in [0.3, 0.4) is 0 Å². The first-order valence-electron chi connectivity index (χ1n) is 11.6. The Balaban J connectivity index is 1.44. The molecule has 6 nitrogen and oxygen atoms in total. The highest BCUT2D eigenvalue weighted by atomic mass is 32.1. The Bertz CT molecular complexity index is 1330. The molecule has 3 atom stereocenters. The lowest BCUT2D eigenvalue weighted by molar-refractivity contribution is -0.126. The summed E-state index contributed by atoms with van der Waals surface area (Å²) in [5.74, 6) is -1.38. The predicted molar refractivity (Wildman–Crippen MR) is 129 cm³/mol. The number of hydroxylamine groups is 1. The number of nitriles is 1. The van der Waals surface area contributed by atoms with Gasteiger partial charge < -0.3 is 0 Å². The monoisotopic (exact) mass is 469 g/mol. The third-order valence-electron chi connectivity index (χ3n) is 7.01. The Hall–Kier alpha value is -3.47. The van der Waals surface area contributed by atoms with E-state index in [-0.39, 0.29) is 11.8 Å². The number of benzene rings is 2. The molecule has 1 aromatic heterocycles. The quantitative estimate of drug-likeness (QED) is 0.512. The smallest absolute Gasteiger partial charge is 0.267 e. The van der Waals surface area contributed by atoms with Crippen LogP contribution in [0.15, 0.2) is 54.6 Å². The molecule has 0 unspecified atom stereocenters. The number of hydrogen-bond donors (Lipinski definition) is 0. The van der Waals surface area contributed by atoms with E-state index in [2.05, 4.69) is 6.07 Å². The molecular weight excluding hydrogens is 446 g/mol. The van der Waals surface area contributed by atoms with Crippen LogP contribution in [-0.4, -0.2) is 17.9 Å². The van der Waals surface area contributed by atoms with Gasteiger partial charge in [0.05, 0.1) is 17.3 Å². The molecule has 170 valence electrons. The Morgan fingerprint density at radius 3 is 2.47 bits per heavy atom. The fourth-order valence-electron chi connectivity index (χ4n) is 5.34. The van der Waals surface area contributed by atoms with E-state index in [0.717, 1.165) is 52.9 Å². The Kier molecular flexibility index (Phi) is 5.01. The van der Waals surface area contributed by atoms with Crippen LogP contribution in [-0.2, 0) is 27.3 Å². The van der Waals surface area contributed by atoms with E-state index in [1.807, 2.05) is 61.5 Å². The number of amides is 2. The normalized spacial score (nSPS) is 23.7. The molecule has 0 spiro atoms. The maximum Gasteiger partial charge on any atom is 0.267 e. The number of nitrogens with zero attached hydrogens (tertiary/aromatic N) is 3. The van der Waals surface area contributed by atoms with E-state index < -0.39 is 18.1 Å². The summed E-state index contributed by atoms with van der Waals surface area (Å²) in [6, 6.07) is 19.4. The topological polar surface area (TPSA) is 73.6 Å². The molecule has 3 aromatic rings. The Labute approximate surface area is 201 Å². The first-order valence-corrected chi connectivity index (χ1v) is 12.4. The number of hydrogen-bond acceptors (Lipinski definition) is 6. The van der Waals surface area contributed by atoms with E-state index in [1.54, 1.807) is 5.06 Å². The van der Waals surface area contributed by atoms with Gasteiger partial charge in [-0.3, -0.25) is 14.4 Å². The summed E-state index contributed by atoms with van der Waals surface area (Å²) in [5, 5.41) is 12.1. The van der Waals surface area contributed by atoms with Crippen molar-refractivity contribution in [1.29, 1.82) is 5.26 Å². The predicted octanol–water partition coefficient (Wildman–Crippen LogP) is 4.86. The number of imide groups is 1.